The fourth-order valence-corrected chi connectivity index (χ4v) is 2.63. The molecule has 0 N–H and O–H groups in total. The molecule has 0 aromatic heterocycles. The molecule has 1 aliphatic heterocycles. The summed E-state index contributed by atoms with van der Waals surface area (Å²) >= 11 is 3.43. The normalized spacial score (nSPS) is 19.2. The van der Waals surface area contributed by atoms with Crippen LogP contribution in [0.5, 0.6) is 11.5 Å². The van der Waals surface area contributed by atoms with Crippen LogP contribution >= 0.6 is 15.9 Å². The van der Waals surface area contributed by atoms with Crippen molar-refractivity contribution in [1.29, 1.82) is 0 Å². The van der Waals surface area contributed by atoms with Crippen molar-refractivity contribution in [2.45, 2.75) is 6.42 Å². The van der Waals surface area contributed by atoms with Crippen molar-refractivity contribution in [1.82, 2.24) is 0 Å². The van der Waals surface area contributed by atoms with Crippen molar-refractivity contribution in [2.75, 3.05) is 31.0 Å². The molecule has 18 heavy (non-hydrogen) atoms. The topological polar surface area (TPSA) is 38.8 Å². The van der Waals surface area contributed by atoms with E-state index in [0.29, 0.717) is 30.4 Å². The molecular weight excluding hydrogens is 298 g/mol. The predicted octanol–water partition coefficient (Wildman–Crippen LogP) is 2.45. The first-order valence-corrected chi connectivity index (χ1v) is 6.90. The maximum atomic E-state index is 12.0. The van der Waals surface area contributed by atoms with Crippen LogP contribution in [-0.2, 0) is 4.79 Å². The molecule has 1 aromatic carbocycles. The summed E-state index contributed by atoms with van der Waals surface area (Å²) in [6.45, 7) is 0.716. The summed E-state index contributed by atoms with van der Waals surface area (Å²) in [5.41, 5.74) is 0.783. The van der Waals surface area contributed by atoms with Crippen LogP contribution < -0.4 is 14.4 Å². The number of anilines is 1. The molecule has 1 aliphatic rings. The van der Waals surface area contributed by atoms with E-state index in [4.69, 9.17) is 9.47 Å². The van der Waals surface area contributed by atoms with Crippen molar-refractivity contribution >= 4 is 27.5 Å². The Morgan fingerprint density at radius 1 is 1.39 bits per heavy atom. The number of halogens is 1. The van der Waals surface area contributed by atoms with E-state index in [-0.39, 0.29) is 5.91 Å². The van der Waals surface area contributed by atoms with Crippen LogP contribution in [0.4, 0.5) is 5.69 Å². The second kappa shape index (κ2) is 5.61. The highest BCUT2D eigenvalue weighted by atomic mass is 79.9. The summed E-state index contributed by atoms with van der Waals surface area (Å²) in [5.74, 6) is 1.74. The molecule has 1 heterocycles. The van der Waals surface area contributed by atoms with Gasteiger partial charge in [-0.05, 0) is 18.1 Å². The van der Waals surface area contributed by atoms with Gasteiger partial charge in [0.1, 0.15) is 0 Å². The van der Waals surface area contributed by atoms with Gasteiger partial charge in [-0.15, -0.1) is 0 Å². The van der Waals surface area contributed by atoms with Crippen LogP contribution in [0.1, 0.15) is 6.42 Å². The van der Waals surface area contributed by atoms with Gasteiger partial charge in [0, 0.05) is 18.3 Å². The quantitative estimate of drug-likeness (QED) is 0.801. The van der Waals surface area contributed by atoms with Gasteiger partial charge in [0.25, 0.3) is 0 Å². The van der Waals surface area contributed by atoms with Gasteiger partial charge < -0.3 is 14.4 Å². The number of para-hydroxylation sites is 1. The van der Waals surface area contributed by atoms with Gasteiger partial charge >= 0.3 is 0 Å². The number of hydrogen-bond donors (Lipinski definition) is 0. The SMILES string of the molecule is COc1cccc(N2CC(CBr)CC2=O)c1OC. The van der Waals surface area contributed by atoms with E-state index in [1.165, 1.54) is 0 Å². The maximum Gasteiger partial charge on any atom is 0.227 e. The molecule has 1 aromatic rings. The van der Waals surface area contributed by atoms with Crippen molar-refractivity contribution in [2.24, 2.45) is 5.92 Å². The van der Waals surface area contributed by atoms with Crippen LogP contribution in [0.15, 0.2) is 18.2 Å². The minimum Gasteiger partial charge on any atom is -0.493 e. The number of alkyl halides is 1. The van der Waals surface area contributed by atoms with E-state index in [1.54, 1.807) is 19.1 Å². The average Bonchev–Trinajstić information content (AvgIpc) is 2.78. The molecule has 98 valence electrons. The molecular formula is C13H16BrNO3. The van der Waals surface area contributed by atoms with E-state index < -0.39 is 0 Å². The lowest BCUT2D eigenvalue weighted by atomic mass is 10.2. The molecule has 4 nitrogen and oxygen atoms in total. The molecule has 1 atom stereocenters. The summed E-state index contributed by atoms with van der Waals surface area (Å²) in [6, 6.07) is 5.58. The Labute approximate surface area is 115 Å². The number of nitrogens with zero attached hydrogens (tertiary/aromatic N) is 1. The van der Waals surface area contributed by atoms with Crippen LogP contribution in [0.2, 0.25) is 0 Å². The molecule has 0 radical (unpaired) electrons. The Hall–Kier alpha value is -1.23. The molecule has 0 spiro atoms. The summed E-state index contributed by atoms with van der Waals surface area (Å²) in [4.78, 5) is 13.8. The number of benzene rings is 1. The summed E-state index contributed by atoms with van der Waals surface area (Å²) in [7, 11) is 3.18. The highest BCUT2D eigenvalue weighted by Crippen LogP contribution is 2.39. The first-order valence-electron chi connectivity index (χ1n) is 5.78. The molecule has 1 fully saturated rings. The van der Waals surface area contributed by atoms with E-state index >= 15 is 0 Å². The maximum absolute atomic E-state index is 12.0. The van der Waals surface area contributed by atoms with Gasteiger partial charge in [0.15, 0.2) is 11.5 Å². The summed E-state index contributed by atoms with van der Waals surface area (Å²) in [5, 5.41) is 0.835. The molecule has 0 aliphatic carbocycles. The molecule has 1 unspecified atom stereocenters. The Morgan fingerprint density at radius 3 is 2.72 bits per heavy atom. The molecule has 2 rings (SSSR count). The van der Waals surface area contributed by atoms with Crippen LogP contribution in [0.25, 0.3) is 0 Å². The van der Waals surface area contributed by atoms with Gasteiger partial charge in [-0.2, -0.15) is 0 Å². The van der Waals surface area contributed by atoms with Gasteiger partial charge in [0.05, 0.1) is 19.9 Å². The highest BCUT2D eigenvalue weighted by molar-refractivity contribution is 9.09. The zero-order valence-electron chi connectivity index (χ0n) is 10.5. The monoisotopic (exact) mass is 313 g/mol. The van der Waals surface area contributed by atoms with Gasteiger partial charge in [-0.25, -0.2) is 0 Å². The zero-order chi connectivity index (χ0) is 13.1. The number of carbonyl (C=O) groups is 1. The number of amides is 1. The molecule has 1 amide bonds. The van der Waals surface area contributed by atoms with Crippen LogP contribution in [0, 0.1) is 5.92 Å². The van der Waals surface area contributed by atoms with Gasteiger partial charge in [-0.1, -0.05) is 22.0 Å². The Kier molecular flexibility index (Phi) is 4.11. The Bertz CT molecular complexity index is 450. The smallest absolute Gasteiger partial charge is 0.227 e. The average molecular weight is 314 g/mol. The lowest BCUT2D eigenvalue weighted by molar-refractivity contribution is -0.117. The minimum atomic E-state index is 0.131. The second-order valence-corrected chi connectivity index (χ2v) is 4.89. The molecule has 5 heteroatoms. The number of carbonyl (C=O) groups excluding carboxylic acids is 1. The minimum absolute atomic E-state index is 0.131. The fraction of sp³-hybridized carbons (Fsp3) is 0.462. The third kappa shape index (κ3) is 2.32. The van der Waals surface area contributed by atoms with Gasteiger partial charge in [-0.3, -0.25) is 4.79 Å². The first kappa shape index (κ1) is 13.2. The summed E-state index contributed by atoms with van der Waals surface area (Å²) < 4.78 is 10.6. The van der Waals surface area contributed by atoms with Gasteiger partial charge in [0.2, 0.25) is 5.91 Å². The number of rotatable bonds is 4. The zero-order valence-corrected chi connectivity index (χ0v) is 12.1. The van der Waals surface area contributed by atoms with Crippen molar-refractivity contribution in [3.63, 3.8) is 0 Å². The van der Waals surface area contributed by atoms with Crippen molar-refractivity contribution in [3.8, 4) is 11.5 Å². The number of methoxy groups -OCH3 is 2. The number of hydrogen-bond acceptors (Lipinski definition) is 3. The third-order valence-electron chi connectivity index (χ3n) is 3.10. The van der Waals surface area contributed by atoms with Crippen molar-refractivity contribution in [3.05, 3.63) is 18.2 Å². The summed E-state index contributed by atoms with van der Waals surface area (Å²) in [6.07, 6.45) is 0.575. The largest absolute Gasteiger partial charge is 0.493 e. The van der Waals surface area contributed by atoms with E-state index in [9.17, 15) is 4.79 Å². The van der Waals surface area contributed by atoms with Crippen LogP contribution in [0.3, 0.4) is 0 Å². The van der Waals surface area contributed by atoms with E-state index in [0.717, 1.165) is 11.0 Å². The number of ether oxygens (including phenoxy) is 2. The molecule has 0 saturated carbocycles. The third-order valence-corrected chi connectivity index (χ3v) is 4.01. The first-order chi connectivity index (χ1) is 8.71. The van der Waals surface area contributed by atoms with Crippen molar-refractivity contribution < 1.29 is 14.3 Å². The highest BCUT2D eigenvalue weighted by Gasteiger charge is 2.32. The lowest BCUT2D eigenvalue weighted by Crippen LogP contribution is -2.25. The Morgan fingerprint density at radius 2 is 2.17 bits per heavy atom. The second-order valence-electron chi connectivity index (χ2n) is 4.24. The van der Waals surface area contributed by atoms with E-state index in [1.807, 2.05) is 18.2 Å². The Balaban J connectivity index is 2.36. The lowest BCUT2D eigenvalue weighted by Gasteiger charge is -2.20. The van der Waals surface area contributed by atoms with E-state index in [2.05, 4.69) is 15.9 Å². The standard InChI is InChI=1S/C13H16BrNO3/c1-17-11-5-3-4-10(13(11)18-2)15-8-9(7-14)6-12(15)16/h3-5,9H,6-8H2,1-2H3. The van der Waals surface area contributed by atoms with Crippen LogP contribution in [-0.4, -0.2) is 32.0 Å². The molecule has 0 bridgehead atoms. The predicted molar refractivity (Wildman–Crippen MR) is 73.8 cm³/mol. The fourth-order valence-electron chi connectivity index (χ4n) is 2.20. The molecule has 1 saturated heterocycles.